The van der Waals surface area contributed by atoms with Gasteiger partial charge < -0.3 is 14.6 Å². The number of aromatic nitrogens is 1. The number of hydrogen-bond acceptors (Lipinski definition) is 5. The van der Waals surface area contributed by atoms with Crippen molar-refractivity contribution in [1.29, 1.82) is 0 Å². The van der Waals surface area contributed by atoms with Crippen LogP contribution in [0.5, 0.6) is 0 Å². The standard InChI is InChI=1S/C23H22FN3O5/c1-13-9-20(21(27(30)31)10-14(13)2)25-22(28)12-32-23(29)19-11-15(3)26(16(19)4)18-7-5-17(24)6-8-18/h5-11H,12H2,1-4H3,(H,25,28). The smallest absolute Gasteiger partial charge is 0.340 e. The average Bonchev–Trinajstić information content (AvgIpc) is 3.03. The summed E-state index contributed by atoms with van der Waals surface area (Å²) >= 11 is 0. The lowest BCUT2D eigenvalue weighted by Crippen LogP contribution is -2.21. The summed E-state index contributed by atoms with van der Waals surface area (Å²) in [5.41, 5.74) is 3.54. The minimum absolute atomic E-state index is 0.0358. The predicted molar refractivity (Wildman–Crippen MR) is 117 cm³/mol. The number of anilines is 1. The molecule has 1 N–H and O–H groups in total. The highest BCUT2D eigenvalue weighted by atomic mass is 19.1. The number of benzene rings is 2. The first-order chi connectivity index (χ1) is 15.1. The van der Waals surface area contributed by atoms with Crippen molar-refractivity contribution in [2.45, 2.75) is 27.7 Å². The Bertz CT molecular complexity index is 1220. The maximum atomic E-state index is 13.2. The second kappa shape index (κ2) is 9.01. The third-order valence-electron chi connectivity index (χ3n) is 5.15. The number of nitrogens with one attached hydrogen (secondary N) is 1. The number of nitrogens with zero attached hydrogens (tertiary/aromatic N) is 2. The van der Waals surface area contributed by atoms with E-state index in [1.54, 1.807) is 50.5 Å². The van der Waals surface area contributed by atoms with E-state index in [-0.39, 0.29) is 22.8 Å². The number of nitro benzene ring substituents is 1. The molecule has 1 amide bonds. The fourth-order valence-corrected chi connectivity index (χ4v) is 3.40. The molecule has 0 radical (unpaired) electrons. The first kappa shape index (κ1) is 22.7. The highest BCUT2D eigenvalue weighted by Crippen LogP contribution is 2.28. The van der Waals surface area contributed by atoms with Gasteiger partial charge in [0, 0.05) is 23.1 Å². The number of amides is 1. The molecule has 0 saturated heterocycles. The summed E-state index contributed by atoms with van der Waals surface area (Å²) in [5.74, 6) is -1.78. The van der Waals surface area contributed by atoms with Crippen molar-refractivity contribution in [3.8, 4) is 5.69 Å². The van der Waals surface area contributed by atoms with Crippen LogP contribution in [0.15, 0.2) is 42.5 Å². The molecule has 0 unspecified atom stereocenters. The molecule has 0 bridgehead atoms. The van der Waals surface area contributed by atoms with Gasteiger partial charge in [0.1, 0.15) is 11.5 Å². The molecule has 1 aromatic heterocycles. The van der Waals surface area contributed by atoms with Crippen LogP contribution >= 0.6 is 0 Å². The molecule has 3 rings (SSSR count). The maximum Gasteiger partial charge on any atom is 0.340 e. The number of aryl methyl sites for hydroxylation is 3. The van der Waals surface area contributed by atoms with Crippen LogP contribution in [-0.4, -0.2) is 28.0 Å². The summed E-state index contributed by atoms with van der Waals surface area (Å²) < 4.78 is 20.1. The number of carbonyl (C=O) groups is 2. The minimum atomic E-state index is -0.712. The van der Waals surface area contributed by atoms with Crippen LogP contribution in [0.4, 0.5) is 15.8 Å². The van der Waals surface area contributed by atoms with Gasteiger partial charge in [-0.15, -0.1) is 0 Å². The zero-order valence-electron chi connectivity index (χ0n) is 18.1. The van der Waals surface area contributed by atoms with Crippen LogP contribution in [0.1, 0.15) is 32.9 Å². The van der Waals surface area contributed by atoms with Crippen molar-refractivity contribution in [1.82, 2.24) is 4.57 Å². The lowest BCUT2D eigenvalue weighted by molar-refractivity contribution is -0.384. The number of rotatable bonds is 6. The number of esters is 1. The van der Waals surface area contributed by atoms with E-state index in [0.717, 1.165) is 16.8 Å². The third kappa shape index (κ3) is 4.66. The Morgan fingerprint density at radius 2 is 1.69 bits per heavy atom. The Morgan fingerprint density at radius 3 is 2.31 bits per heavy atom. The number of nitro groups is 1. The van der Waals surface area contributed by atoms with Crippen LogP contribution in [0.25, 0.3) is 5.69 Å². The van der Waals surface area contributed by atoms with Crippen molar-refractivity contribution in [2.24, 2.45) is 0 Å². The zero-order chi connectivity index (χ0) is 23.6. The van der Waals surface area contributed by atoms with Gasteiger partial charge in [0.15, 0.2) is 6.61 Å². The van der Waals surface area contributed by atoms with Gasteiger partial charge in [-0.05, 0) is 75.2 Å². The van der Waals surface area contributed by atoms with E-state index in [1.165, 1.54) is 24.3 Å². The molecule has 3 aromatic rings. The fraction of sp³-hybridized carbons (Fsp3) is 0.217. The first-order valence-electron chi connectivity index (χ1n) is 9.76. The molecule has 2 aromatic carbocycles. The van der Waals surface area contributed by atoms with Crippen LogP contribution < -0.4 is 5.32 Å². The highest BCUT2D eigenvalue weighted by molar-refractivity contribution is 5.97. The van der Waals surface area contributed by atoms with Gasteiger partial charge in [-0.1, -0.05) is 0 Å². The van der Waals surface area contributed by atoms with Crippen LogP contribution in [0.3, 0.4) is 0 Å². The van der Waals surface area contributed by atoms with E-state index in [4.69, 9.17) is 4.74 Å². The zero-order valence-corrected chi connectivity index (χ0v) is 18.1. The van der Waals surface area contributed by atoms with Crippen molar-refractivity contribution in [3.05, 3.63) is 86.5 Å². The lowest BCUT2D eigenvalue weighted by atomic mass is 10.1. The summed E-state index contributed by atoms with van der Waals surface area (Å²) in [7, 11) is 0. The fourth-order valence-electron chi connectivity index (χ4n) is 3.40. The van der Waals surface area contributed by atoms with Gasteiger partial charge in [-0.25, -0.2) is 9.18 Å². The van der Waals surface area contributed by atoms with Gasteiger partial charge >= 0.3 is 5.97 Å². The quantitative estimate of drug-likeness (QED) is 0.345. The first-order valence-corrected chi connectivity index (χ1v) is 9.76. The number of halogens is 1. The Balaban J connectivity index is 1.72. The summed E-state index contributed by atoms with van der Waals surface area (Å²) in [6.07, 6.45) is 0. The number of hydrogen-bond donors (Lipinski definition) is 1. The van der Waals surface area contributed by atoms with Crippen LogP contribution in [0.2, 0.25) is 0 Å². The monoisotopic (exact) mass is 439 g/mol. The van der Waals surface area contributed by atoms with E-state index in [0.29, 0.717) is 11.4 Å². The number of ether oxygens (including phenoxy) is 1. The van der Waals surface area contributed by atoms with Gasteiger partial charge in [0.05, 0.1) is 10.5 Å². The van der Waals surface area contributed by atoms with Crippen molar-refractivity contribution in [2.75, 3.05) is 11.9 Å². The van der Waals surface area contributed by atoms with Crippen molar-refractivity contribution < 1.29 is 23.6 Å². The molecule has 1 heterocycles. The summed E-state index contributed by atoms with van der Waals surface area (Å²) in [5, 5.41) is 13.7. The number of carbonyl (C=O) groups excluding carboxylic acids is 2. The van der Waals surface area contributed by atoms with E-state index in [9.17, 15) is 24.1 Å². The van der Waals surface area contributed by atoms with E-state index in [2.05, 4.69) is 5.32 Å². The topological polar surface area (TPSA) is 103 Å². The average molecular weight is 439 g/mol. The third-order valence-corrected chi connectivity index (χ3v) is 5.15. The molecule has 0 aliphatic carbocycles. The normalized spacial score (nSPS) is 10.7. The Kier molecular flexibility index (Phi) is 6.38. The van der Waals surface area contributed by atoms with Crippen LogP contribution in [-0.2, 0) is 9.53 Å². The molecular formula is C23H22FN3O5. The molecule has 0 fully saturated rings. The lowest BCUT2D eigenvalue weighted by Gasteiger charge is -2.10. The predicted octanol–water partition coefficient (Wildman–Crippen LogP) is 4.55. The molecule has 0 spiro atoms. The summed E-state index contributed by atoms with van der Waals surface area (Å²) in [4.78, 5) is 35.5. The van der Waals surface area contributed by atoms with E-state index >= 15 is 0 Å². The summed E-state index contributed by atoms with van der Waals surface area (Å²) in [6, 6.07) is 10.3. The van der Waals surface area contributed by atoms with Gasteiger partial charge in [0.25, 0.3) is 11.6 Å². The Morgan fingerprint density at radius 1 is 1.06 bits per heavy atom. The summed E-state index contributed by atoms with van der Waals surface area (Å²) in [6.45, 7) is 6.40. The molecule has 0 atom stereocenters. The Labute approximate surface area is 183 Å². The van der Waals surface area contributed by atoms with Gasteiger partial charge in [-0.2, -0.15) is 0 Å². The largest absolute Gasteiger partial charge is 0.452 e. The Hall–Kier alpha value is -4.01. The second-order valence-corrected chi connectivity index (χ2v) is 7.43. The van der Waals surface area contributed by atoms with Crippen molar-refractivity contribution in [3.63, 3.8) is 0 Å². The van der Waals surface area contributed by atoms with Gasteiger partial charge in [-0.3, -0.25) is 14.9 Å². The minimum Gasteiger partial charge on any atom is -0.452 e. The van der Waals surface area contributed by atoms with E-state index in [1.807, 2.05) is 0 Å². The molecule has 9 heteroatoms. The molecule has 32 heavy (non-hydrogen) atoms. The molecule has 0 aliphatic rings. The van der Waals surface area contributed by atoms with Crippen molar-refractivity contribution >= 4 is 23.3 Å². The molecular weight excluding hydrogens is 417 g/mol. The molecule has 0 saturated carbocycles. The second-order valence-electron chi connectivity index (χ2n) is 7.43. The molecule has 8 nitrogen and oxygen atoms in total. The van der Waals surface area contributed by atoms with Gasteiger partial charge in [0.2, 0.25) is 0 Å². The molecule has 0 aliphatic heterocycles. The SMILES string of the molecule is Cc1cc(NC(=O)COC(=O)c2cc(C)n(-c3ccc(F)cc3)c2C)c([N+](=O)[O-])cc1C. The van der Waals surface area contributed by atoms with Crippen LogP contribution in [0, 0.1) is 43.6 Å². The molecule has 166 valence electrons. The maximum absolute atomic E-state index is 13.2. The highest BCUT2D eigenvalue weighted by Gasteiger charge is 2.21. The van der Waals surface area contributed by atoms with E-state index < -0.39 is 23.4 Å².